The number of nitrogens with zero attached hydrogens (tertiary/aromatic N) is 5. The van der Waals surface area contributed by atoms with Crippen molar-refractivity contribution in [2.75, 3.05) is 0 Å². The maximum Gasteiger partial charge on any atom is 0.269 e. The van der Waals surface area contributed by atoms with Crippen LogP contribution >= 0.6 is 15.9 Å². The Bertz CT molecular complexity index is 1960. The first kappa shape index (κ1) is 26.0. The molecule has 1 N–H and O–H groups in total. The Balaban J connectivity index is 1.31. The lowest BCUT2D eigenvalue weighted by molar-refractivity contribution is 0.544. The van der Waals surface area contributed by atoms with Gasteiger partial charge in [0.25, 0.3) is 10.0 Å². The lowest BCUT2D eigenvalue weighted by atomic mass is 10.1. The van der Waals surface area contributed by atoms with Crippen molar-refractivity contribution in [2.45, 2.75) is 47.9 Å². The summed E-state index contributed by atoms with van der Waals surface area (Å²) in [6.07, 6.45) is 4.56. The van der Waals surface area contributed by atoms with Crippen LogP contribution in [0.2, 0.25) is 0 Å². The molecule has 0 amide bonds. The second-order valence-electron chi connectivity index (χ2n) is 9.55. The van der Waals surface area contributed by atoms with E-state index in [9.17, 15) is 21.2 Å². The van der Waals surface area contributed by atoms with E-state index in [4.69, 9.17) is 0 Å². The van der Waals surface area contributed by atoms with E-state index >= 15 is 0 Å². The zero-order valence-electron chi connectivity index (χ0n) is 20.5. The number of fused-ring (bicyclic) bond motifs is 3. The van der Waals surface area contributed by atoms with Gasteiger partial charge in [-0.15, -0.1) is 10.2 Å². The van der Waals surface area contributed by atoms with Gasteiger partial charge in [0.15, 0.2) is 11.3 Å². The molecule has 10 nitrogen and oxygen atoms in total. The zero-order valence-corrected chi connectivity index (χ0v) is 23.7. The molecule has 0 bridgehead atoms. The Kier molecular flexibility index (Phi) is 6.32. The SMILES string of the molecule is Cc1ccc(S(=O)(=O)n2ccc3c2ncc2nnc([C@@H]4CC[C@H](NS(=O)(=O)c5ccc(Br)c(F)c5)C4)n23)cc1. The van der Waals surface area contributed by atoms with Crippen LogP contribution in [0.4, 0.5) is 4.39 Å². The maximum atomic E-state index is 13.9. The molecule has 1 saturated carbocycles. The minimum absolute atomic E-state index is 0.142. The highest BCUT2D eigenvalue weighted by molar-refractivity contribution is 9.10. The van der Waals surface area contributed by atoms with Crippen LogP contribution in [-0.2, 0) is 20.0 Å². The van der Waals surface area contributed by atoms with Gasteiger partial charge in [0.1, 0.15) is 11.6 Å². The number of halogens is 2. The first-order chi connectivity index (χ1) is 18.5. The molecule has 1 aliphatic rings. The molecule has 5 aromatic rings. The van der Waals surface area contributed by atoms with Gasteiger partial charge in [-0.3, -0.25) is 4.40 Å². The second-order valence-corrected chi connectivity index (χ2v) is 13.9. The summed E-state index contributed by atoms with van der Waals surface area (Å²) in [5.74, 6) is -0.206. The number of benzene rings is 2. The van der Waals surface area contributed by atoms with Crippen LogP contribution in [-0.4, -0.2) is 46.4 Å². The summed E-state index contributed by atoms with van der Waals surface area (Å²) in [7, 11) is -7.82. The predicted molar refractivity (Wildman–Crippen MR) is 145 cm³/mol. The van der Waals surface area contributed by atoms with Crippen LogP contribution in [0.25, 0.3) is 16.8 Å². The van der Waals surface area contributed by atoms with Gasteiger partial charge >= 0.3 is 0 Å². The van der Waals surface area contributed by atoms with E-state index in [0.29, 0.717) is 36.3 Å². The van der Waals surface area contributed by atoms with Gasteiger partial charge in [0, 0.05) is 18.2 Å². The number of hydrogen-bond acceptors (Lipinski definition) is 7. The van der Waals surface area contributed by atoms with Gasteiger partial charge in [0.2, 0.25) is 10.0 Å². The Morgan fingerprint density at radius 2 is 1.74 bits per heavy atom. The van der Waals surface area contributed by atoms with Gasteiger partial charge in [-0.05, 0) is 78.5 Å². The molecule has 1 aliphatic carbocycles. The average molecular weight is 634 g/mol. The van der Waals surface area contributed by atoms with Crippen molar-refractivity contribution < 1.29 is 21.2 Å². The van der Waals surface area contributed by atoms with Crippen molar-refractivity contribution in [3.63, 3.8) is 0 Å². The molecule has 14 heteroatoms. The molecule has 2 aromatic carbocycles. The normalized spacial score (nSPS) is 18.3. The monoisotopic (exact) mass is 632 g/mol. The lowest BCUT2D eigenvalue weighted by Gasteiger charge is -2.14. The molecule has 6 rings (SSSR count). The van der Waals surface area contributed by atoms with E-state index < -0.39 is 25.9 Å². The Labute approximate surface area is 232 Å². The summed E-state index contributed by atoms with van der Waals surface area (Å²) in [6.45, 7) is 1.88. The van der Waals surface area contributed by atoms with Crippen molar-refractivity contribution in [1.29, 1.82) is 0 Å². The van der Waals surface area contributed by atoms with Gasteiger partial charge in [0.05, 0.1) is 26.0 Å². The van der Waals surface area contributed by atoms with Crippen LogP contribution in [0.3, 0.4) is 0 Å². The third-order valence-electron chi connectivity index (χ3n) is 6.96. The lowest BCUT2D eigenvalue weighted by Crippen LogP contribution is -2.33. The third-order valence-corrected chi connectivity index (χ3v) is 10.8. The van der Waals surface area contributed by atoms with Gasteiger partial charge in [-0.1, -0.05) is 17.7 Å². The molecule has 3 aromatic heterocycles. The quantitative estimate of drug-likeness (QED) is 0.298. The van der Waals surface area contributed by atoms with E-state index in [2.05, 4.69) is 35.8 Å². The smallest absolute Gasteiger partial charge is 0.269 e. The standard InChI is InChI=1S/C25H22BrFN6O4S2/c1-15-2-6-18(7-3-15)39(36,37)32-11-10-22-25(32)28-14-23-29-30-24(33(22)23)16-4-5-17(12-16)31-38(34,35)19-8-9-20(26)21(27)13-19/h2-3,6-11,13-14,16-17,31H,4-5,12H2,1H3/t16-,17+/m1/s1. The highest BCUT2D eigenvalue weighted by Gasteiger charge is 2.33. The number of hydrogen-bond donors (Lipinski definition) is 1. The third kappa shape index (κ3) is 4.54. The average Bonchev–Trinajstić information content (AvgIpc) is 3.63. The number of nitrogens with one attached hydrogen (secondary N) is 1. The van der Waals surface area contributed by atoms with Crippen LogP contribution in [0.1, 0.15) is 36.6 Å². The van der Waals surface area contributed by atoms with Crippen molar-refractivity contribution >= 4 is 52.8 Å². The van der Waals surface area contributed by atoms with Gasteiger partial charge in [-0.2, -0.15) is 0 Å². The first-order valence-corrected chi connectivity index (χ1v) is 15.8. The molecule has 3 heterocycles. The largest absolute Gasteiger partial charge is 0.274 e. The molecule has 39 heavy (non-hydrogen) atoms. The fourth-order valence-corrected chi connectivity index (χ4v) is 7.83. The number of sulfonamides is 1. The molecule has 0 aliphatic heterocycles. The van der Waals surface area contributed by atoms with Gasteiger partial charge < -0.3 is 0 Å². The summed E-state index contributed by atoms with van der Waals surface area (Å²) in [4.78, 5) is 4.36. The van der Waals surface area contributed by atoms with E-state index in [0.717, 1.165) is 15.6 Å². The van der Waals surface area contributed by atoms with Crippen molar-refractivity contribution in [3.8, 4) is 0 Å². The molecule has 0 radical (unpaired) electrons. The van der Waals surface area contributed by atoms with Gasteiger partial charge in [-0.25, -0.2) is 34.9 Å². The molecule has 1 fully saturated rings. The highest BCUT2D eigenvalue weighted by atomic mass is 79.9. The van der Waals surface area contributed by atoms with Crippen molar-refractivity contribution in [3.05, 3.63) is 82.6 Å². The maximum absolute atomic E-state index is 13.9. The molecule has 0 spiro atoms. The highest BCUT2D eigenvalue weighted by Crippen LogP contribution is 2.36. The number of rotatable bonds is 6. The summed E-state index contributed by atoms with van der Waals surface area (Å²) in [6, 6.07) is 11.5. The molecular formula is C25H22BrFN6O4S2. The summed E-state index contributed by atoms with van der Waals surface area (Å²) in [5.41, 5.74) is 2.16. The fraction of sp³-hybridized carbons (Fsp3) is 0.240. The molecular weight excluding hydrogens is 611 g/mol. The molecule has 0 unspecified atom stereocenters. The first-order valence-electron chi connectivity index (χ1n) is 12.1. The van der Waals surface area contributed by atoms with E-state index in [1.807, 2.05) is 6.92 Å². The minimum atomic E-state index is -3.93. The van der Waals surface area contributed by atoms with E-state index in [1.165, 1.54) is 24.5 Å². The Morgan fingerprint density at radius 3 is 2.49 bits per heavy atom. The molecule has 2 atom stereocenters. The van der Waals surface area contributed by atoms with Crippen LogP contribution in [0, 0.1) is 12.7 Å². The van der Waals surface area contributed by atoms with E-state index in [-0.39, 0.29) is 31.9 Å². The van der Waals surface area contributed by atoms with Crippen LogP contribution in [0.15, 0.2) is 75.2 Å². The Morgan fingerprint density at radius 1 is 1.00 bits per heavy atom. The fourth-order valence-electron chi connectivity index (χ4n) is 4.99. The topological polar surface area (TPSA) is 128 Å². The predicted octanol–water partition coefficient (Wildman–Crippen LogP) is 4.14. The molecule has 0 saturated heterocycles. The number of aryl methyl sites for hydroxylation is 1. The van der Waals surface area contributed by atoms with E-state index in [1.54, 1.807) is 34.7 Å². The van der Waals surface area contributed by atoms with Crippen molar-refractivity contribution in [1.82, 2.24) is 28.3 Å². The summed E-state index contributed by atoms with van der Waals surface area (Å²) in [5, 5.41) is 8.58. The minimum Gasteiger partial charge on any atom is -0.274 e. The summed E-state index contributed by atoms with van der Waals surface area (Å²) < 4.78 is 72.2. The Hall–Kier alpha value is -3.20. The number of aromatic nitrogens is 5. The zero-order chi connectivity index (χ0) is 27.5. The van der Waals surface area contributed by atoms with Crippen LogP contribution < -0.4 is 4.72 Å². The van der Waals surface area contributed by atoms with Crippen LogP contribution in [0.5, 0.6) is 0 Å². The summed E-state index contributed by atoms with van der Waals surface area (Å²) >= 11 is 3.03. The second kappa shape index (κ2) is 9.47. The van der Waals surface area contributed by atoms with Crippen molar-refractivity contribution in [2.24, 2.45) is 0 Å². The molecule has 202 valence electrons.